The molecule has 4 nitrogen and oxygen atoms in total. The minimum atomic E-state index is -4.40. The molecule has 1 aromatic rings. The molecule has 0 saturated carbocycles. The maximum absolute atomic E-state index is 12.3. The molecular formula is C13H16F3NO3. The van der Waals surface area contributed by atoms with E-state index >= 15 is 0 Å². The van der Waals surface area contributed by atoms with Gasteiger partial charge in [-0.2, -0.15) is 13.2 Å². The minimum Gasteiger partial charge on any atom is -0.382 e. The first-order chi connectivity index (χ1) is 9.45. The largest absolute Gasteiger partial charge is 0.416 e. The van der Waals surface area contributed by atoms with Crippen LogP contribution in [0.2, 0.25) is 0 Å². The van der Waals surface area contributed by atoms with E-state index in [0.29, 0.717) is 19.8 Å². The summed E-state index contributed by atoms with van der Waals surface area (Å²) in [4.78, 5) is 11.6. The number of carbonyl (C=O) groups excluding carboxylic acids is 1. The molecule has 0 aliphatic heterocycles. The molecule has 0 heterocycles. The predicted molar refractivity (Wildman–Crippen MR) is 66.5 cm³/mol. The van der Waals surface area contributed by atoms with Crippen molar-refractivity contribution in [1.82, 2.24) is 5.32 Å². The van der Waals surface area contributed by atoms with Crippen molar-refractivity contribution in [2.75, 3.05) is 33.5 Å². The number of nitrogens with one attached hydrogen (secondary N) is 1. The molecular weight excluding hydrogens is 275 g/mol. The van der Waals surface area contributed by atoms with Crippen molar-refractivity contribution in [3.63, 3.8) is 0 Å². The van der Waals surface area contributed by atoms with E-state index in [0.717, 1.165) is 24.3 Å². The number of halogens is 3. The second kappa shape index (κ2) is 7.86. The fraction of sp³-hybridized carbons (Fsp3) is 0.462. The van der Waals surface area contributed by atoms with Crippen LogP contribution in [0.1, 0.15) is 15.9 Å². The first-order valence-corrected chi connectivity index (χ1v) is 5.97. The number of hydrogen-bond donors (Lipinski definition) is 1. The van der Waals surface area contributed by atoms with Crippen LogP contribution in [0.3, 0.4) is 0 Å². The normalized spacial score (nSPS) is 11.4. The topological polar surface area (TPSA) is 47.6 Å². The fourth-order valence-electron chi connectivity index (χ4n) is 1.39. The lowest BCUT2D eigenvalue weighted by Gasteiger charge is -2.08. The van der Waals surface area contributed by atoms with Gasteiger partial charge in [0, 0.05) is 19.2 Å². The van der Waals surface area contributed by atoms with Crippen LogP contribution in [0.25, 0.3) is 0 Å². The van der Waals surface area contributed by atoms with E-state index in [1.54, 1.807) is 7.11 Å². The Bertz CT molecular complexity index is 418. The zero-order valence-electron chi connectivity index (χ0n) is 11.0. The lowest BCUT2D eigenvalue weighted by atomic mass is 10.1. The molecule has 1 aromatic carbocycles. The van der Waals surface area contributed by atoms with E-state index in [4.69, 9.17) is 9.47 Å². The van der Waals surface area contributed by atoms with Crippen LogP contribution in [0.5, 0.6) is 0 Å². The molecule has 0 aromatic heterocycles. The number of ether oxygens (including phenoxy) is 2. The van der Waals surface area contributed by atoms with Crippen molar-refractivity contribution < 1.29 is 27.4 Å². The van der Waals surface area contributed by atoms with E-state index in [1.165, 1.54) is 0 Å². The van der Waals surface area contributed by atoms with Gasteiger partial charge in [-0.05, 0) is 24.3 Å². The molecule has 0 spiro atoms. The Kier molecular flexibility index (Phi) is 6.47. The SMILES string of the molecule is COCCOCCNC(=O)c1ccc(C(F)(F)F)cc1. The lowest BCUT2D eigenvalue weighted by molar-refractivity contribution is -0.137. The average Bonchev–Trinajstić information content (AvgIpc) is 2.41. The summed E-state index contributed by atoms with van der Waals surface area (Å²) in [6.45, 7) is 1.48. The summed E-state index contributed by atoms with van der Waals surface area (Å²) >= 11 is 0. The summed E-state index contributed by atoms with van der Waals surface area (Å²) in [5.41, 5.74) is -0.605. The van der Waals surface area contributed by atoms with E-state index in [-0.39, 0.29) is 12.1 Å². The highest BCUT2D eigenvalue weighted by Gasteiger charge is 2.30. The number of alkyl halides is 3. The maximum atomic E-state index is 12.3. The molecule has 0 aliphatic carbocycles. The summed E-state index contributed by atoms with van der Waals surface area (Å²) in [6.07, 6.45) is -4.40. The molecule has 0 radical (unpaired) electrons. The van der Waals surface area contributed by atoms with Gasteiger partial charge in [0.1, 0.15) is 0 Å². The number of hydrogen-bond acceptors (Lipinski definition) is 3. The van der Waals surface area contributed by atoms with Gasteiger partial charge in [-0.15, -0.1) is 0 Å². The first kappa shape index (κ1) is 16.5. The van der Waals surface area contributed by atoms with Crippen LogP contribution in [-0.4, -0.2) is 39.4 Å². The Morgan fingerprint density at radius 1 is 1.15 bits per heavy atom. The van der Waals surface area contributed by atoms with Gasteiger partial charge in [-0.3, -0.25) is 4.79 Å². The van der Waals surface area contributed by atoms with Crippen LogP contribution < -0.4 is 5.32 Å². The van der Waals surface area contributed by atoms with Gasteiger partial charge in [0.05, 0.1) is 25.4 Å². The number of amides is 1. The van der Waals surface area contributed by atoms with E-state index in [9.17, 15) is 18.0 Å². The van der Waals surface area contributed by atoms with Gasteiger partial charge in [0.2, 0.25) is 0 Å². The highest BCUT2D eigenvalue weighted by molar-refractivity contribution is 5.94. The molecule has 0 bridgehead atoms. The third-order valence-corrected chi connectivity index (χ3v) is 2.44. The quantitative estimate of drug-likeness (QED) is 0.783. The summed E-state index contributed by atoms with van der Waals surface area (Å²) in [5.74, 6) is -0.436. The van der Waals surface area contributed by atoms with Crippen LogP contribution >= 0.6 is 0 Å². The molecule has 112 valence electrons. The van der Waals surface area contributed by atoms with Crippen molar-refractivity contribution in [2.24, 2.45) is 0 Å². The highest BCUT2D eigenvalue weighted by Crippen LogP contribution is 2.28. The van der Waals surface area contributed by atoms with Crippen molar-refractivity contribution >= 4 is 5.91 Å². The second-order valence-corrected chi connectivity index (χ2v) is 3.94. The Morgan fingerprint density at radius 2 is 1.80 bits per heavy atom. The third-order valence-electron chi connectivity index (χ3n) is 2.44. The molecule has 0 unspecified atom stereocenters. The number of methoxy groups -OCH3 is 1. The fourth-order valence-corrected chi connectivity index (χ4v) is 1.39. The molecule has 1 N–H and O–H groups in total. The zero-order chi connectivity index (χ0) is 15.0. The molecule has 0 aliphatic rings. The molecule has 0 atom stereocenters. The molecule has 0 fully saturated rings. The molecule has 1 rings (SSSR count). The van der Waals surface area contributed by atoms with Crippen LogP contribution in [0.4, 0.5) is 13.2 Å². The smallest absolute Gasteiger partial charge is 0.382 e. The monoisotopic (exact) mass is 291 g/mol. The molecule has 20 heavy (non-hydrogen) atoms. The Labute approximate surface area is 114 Å². The van der Waals surface area contributed by atoms with Crippen molar-refractivity contribution in [2.45, 2.75) is 6.18 Å². The maximum Gasteiger partial charge on any atom is 0.416 e. The van der Waals surface area contributed by atoms with Crippen molar-refractivity contribution in [3.8, 4) is 0 Å². The molecule has 0 saturated heterocycles. The second-order valence-electron chi connectivity index (χ2n) is 3.94. The summed E-state index contributed by atoms with van der Waals surface area (Å²) in [6, 6.07) is 4.04. The minimum absolute atomic E-state index is 0.176. The van der Waals surface area contributed by atoms with Gasteiger partial charge >= 0.3 is 6.18 Å². The third kappa shape index (κ3) is 5.58. The van der Waals surface area contributed by atoms with E-state index < -0.39 is 17.6 Å². The lowest BCUT2D eigenvalue weighted by Crippen LogP contribution is -2.27. The van der Waals surface area contributed by atoms with Gasteiger partial charge in [0.25, 0.3) is 5.91 Å². The molecule has 1 amide bonds. The molecule has 7 heteroatoms. The zero-order valence-corrected chi connectivity index (χ0v) is 11.0. The van der Waals surface area contributed by atoms with Gasteiger partial charge in [0.15, 0.2) is 0 Å². The van der Waals surface area contributed by atoms with E-state index in [1.807, 2.05) is 0 Å². The summed E-state index contributed by atoms with van der Waals surface area (Å²) in [7, 11) is 1.55. The Balaban J connectivity index is 2.37. The number of carbonyl (C=O) groups is 1. The Morgan fingerprint density at radius 3 is 2.35 bits per heavy atom. The van der Waals surface area contributed by atoms with Gasteiger partial charge in [-0.25, -0.2) is 0 Å². The summed E-state index contributed by atoms with van der Waals surface area (Å²) in [5, 5.41) is 2.55. The van der Waals surface area contributed by atoms with Crippen molar-refractivity contribution in [3.05, 3.63) is 35.4 Å². The Hall–Kier alpha value is -1.60. The van der Waals surface area contributed by atoms with Crippen LogP contribution in [-0.2, 0) is 15.7 Å². The van der Waals surface area contributed by atoms with Crippen LogP contribution in [0.15, 0.2) is 24.3 Å². The van der Waals surface area contributed by atoms with Crippen molar-refractivity contribution in [1.29, 1.82) is 0 Å². The summed E-state index contributed by atoms with van der Waals surface area (Å²) < 4.78 is 46.9. The van der Waals surface area contributed by atoms with Crippen LogP contribution in [0, 0.1) is 0 Å². The standard InChI is InChI=1S/C13H16F3NO3/c1-19-8-9-20-7-6-17-12(18)10-2-4-11(5-3-10)13(14,15)16/h2-5H,6-9H2,1H3,(H,17,18). The van der Waals surface area contributed by atoms with Gasteiger partial charge in [-0.1, -0.05) is 0 Å². The number of rotatable bonds is 7. The van der Waals surface area contributed by atoms with E-state index in [2.05, 4.69) is 5.32 Å². The highest BCUT2D eigenvalue weighted by atomic mass is 19.4. The average molecular weight is 291 g/mol. The predicted octanol–water partition coefficient (Wildman–Crippen LogP) is 2.10. The first-order valence-electron chi connectivity index (χ1n) is 5.97. The number of benzene rings is 1. The van der Waals surface area contributed by atoms with Gasteiger partial charge < -0.3 is 14.8 Å².